The van der Waals surface area contributed by atoms with Crippen molar-refractivity contribution in [1.29, 1.82) is 0 Å². The van der Waals surface area contributed by atoms with Gasteiger partial charge in [0.15, 0.2) is 0 Å². The molecule has 0 spiro atoms. The molecule has 1 unspecified atom stereocenters. The smallest absolute Gasteiger partial charge is 0.143 e. The van der Waals surface area contributed by atoms with Crippen LogP contribution in [-0.4, -0.2) is 48.7 Å². The van der Waals surface area contributed by atoms with Crippen LogP contribution in [0.5, 0.6) is 0 Å². The van der Waals surface area contributed by atoms with Gasteiger partial charge in [0.2, 0.25) is 0 Å². The van der Waals surface area contributed by atoms with Crippen molar-refractivity contribution in [2.45, 2.75) is 6.92 Å². The second kappa shape index (κ2) is 6.81. The number of nitrogens with two attached hydrogens (primary N) is 1. The molecular weight excluding hydrogens is 276 g/mol. The maximum atomic E-state index is 8.67. The number of piperazine rings is 1. The number of rotatable bonds is 4. The molecular formula is C14H21ClN4O. The molecule has 1 atom stereocenters. The Morgan fingerprint density at radius 1 is 1.30 bits per heavy atom. The minimum absolute atomic E-state index is 0.0714. The third kappa shape index (κ3) is 3.77. The zero-order valence-corrected chi connectivity index (χ0v) is 12.4. The molecule has 20 heavy (non-hydrogen) atoms. The van der Waals surface area contributed by atoms with Crippen LogP contribution in [0.25, 0.3) is 0 Å². The maximum absolute atomic E-state index is 8.67. The molecule has 1 aromatic rings. The Morgan fingerprint density at radius 3 is 2.45 bits per heavy atom. The Balaban J connectivity index is 1.85. The Labute approximate surface area is 124 Å². The zero-order chi connectivity index (χ0) is 14.5. The Morgan fingerprint density at radius 2 is 1.90 bits per heavy atom. The van der Waals surface area contributed by atoms with Crippen molar-refractivity contribution in [3.8, 4) is 0 Å². The van der Waals surface area contributed by atoms with Gasteiger partial charge in [-0.3, -0.25) is 4.90 Å². The molecule has 0 aliphatic carbocycles. The maximum Gasteiger partial charge on any atom is 0.143 e. The summed E-state index contributed by atoms with van der Waals surface area (Å²) in [6, 6.07) is 7.95. The topological polar surface area (TPSA) is 65.1 Å². The number of benzene rings is 1. The number of anilines is 1. The summed E-state index contributed by atoms with van der Waals surface area (Å²) in [6.45, 7) is 6.71. The lowest BCUT2D eigenvalue weighted by atomic mass is 10.1. The molecule has 0 aromatic heterocycles. The highest BCUT2D eigenvalue weighted by Gasteiger charge is 2.20. The molecule has 1 saturated heterocycles. The number of hydrogen-bond donors (Lipinski definition) is 2. The first-order valence-corrected chi connectivity index (χ1v) is 7.18. The quantitative estimate of drug-likeness (QED) is 0.385. The summed E-state index contributed by atoms with van der Waals surface area (Å²) in [5.41, 5.74) is 6.82. The predicted octanol–water partition coefficient (Wildman–Crippen LogP) is 1.84. The number of nitrogens with zero attached hydrogens (tertiary/aromatic N) is 3. The number of oxime groups is 1. The largest absolute Gasteiger partial charge is 0.409 e. The first kappa shape index (κ1) is 14.9. The van der Waals surface area contributed by atoms with Gasteiger partial charge in [-0.15, -0.1) is 0 Å². The fraction of sp³-hybridized carbons (Fsp3) is 0.500. The van der Waals surface area contributed by atoms with Gasteiger partial charge in [0.1, 0.15) is 5.84 Å². The van der Waals surface area contributed by atoms with E-state index in [1.54, 1.807) is 0 Å². The van der Waals surface area contributed by atoms with E-state index in [2.05, 4.69) is 27.1 Å². The Hall–Kier alpha value is -1.46. The van der Waals surface area contributed by atoms with Gasteiger partial charge >= 0.3 is 0 Å². The molecule has 0 bridgehead atoms. The third-order valence-electron chi connectivity index (χ3n) is 3.72. The van der Waals surface area contributed by atoms with Crippen LogP contribution in [0.3, 0.4) is 0 Å². The Kier molecular flexibility index (Phi) is 5.09. The highest BCUT2D eigenvalue weighted by molar-refractivity contribution is 6.30. The van der Waals surface area contributed by atoms with E-state index < -0.39 is 0 Å². The van der Waals surface area contributed by atoms with Gasteiger partial charge in [0.25, 0.3) is 0 Å². The SMILES string of the molecule is CC(CN1CCN(c2ccc(Cl)cc2)CC1)/C(N)=N/O. The Bertz CT molecular complexity index is 455. The summed E-state index contributed by atoms with van der Waals surface area (Å²) in [5.74, 6) is 0.368. The van der Waals surface area contributed by atoms with Crippen LogP contribution in [0.1, 0.15) is 6.92 Å². The van der Waals surface area contributed by atoms with Crippen LogP contribution in [0.2, 0.25) is 5.02 Å². The zero-order valence-electron chi connectivity index (χ0n) is 11.7. The number of halogens is 1. The van der Waals surface area contributed by atoms with E-state index in [-0.39, 0.29) is 5.92 Å². The van der Waals surface area contributed by atoms with Gasteiger partial charge in [-0.25, -0.2) is 0 Å². The van der Waals surface area contributed by atoms with E-state index in [0.29, 0.717) is 5.84 Å². The van der Waals surface area contributed by atoms with Crippen LogP contribution >= 0.6 is 11.6 Å². The van der Waals surface area contributed by atoms with E-state index in [0.717, 1.165) is 37.7 Å². The first-order chi connectivity index (χ1) is 9.60. The van der Waals surface area contributed by atoms with E-state index in [1.807, 2.05) is 19.1 Å². The molecule has 6 heteroatoms. The van der Waals surface area contributed by atoms with Crippen LogP contribution in [-0.2, 0) is 0 Å². The molecule has 1 heterocycles. The average molecular weight is 297 g/mol. The lowest BCUT2D eigenvalue weighted by molar-refractivity contribution is 0.240. The second-order valence-corrected chi connectivity index (χ2v) is 5.63. The third-order valence-corrected chi connectivity index (χ3v) is 3.97. The number of hydrogen-bond acceptors (Lipinski definition) is 4. The highest BCUT2D eigenvalue weighted by Crippen LogP contribution is 2.19. The fourth-order valence-electron chi connectivity index (χ4n) is 2.42. The molecule has 0 amide bonds. The molecule has 1 aliphatic rings. The molecule has 1 aliphatic heterocycles. The first-order valence-electron chi connectivity index (χ1n) is 6.80. The van der Waals surface area contributed by atoms with Crippen molar-refractivity contribution in [3.05, 3.63) is 29.3 Å². The summed E-state index contributed by atoms with van der Waals surface area (Å²) in [6.07, 6.45) is 0. The standard InChI is InChI=1S/C14H21ClN4O/c1-11(14(16)17-20)10-18-6-8-19(9-7-18)13-4-2-12(15)3-5-13/h2-5,11,20H,6-10H2,1H3,(H2,16,17). The minimum Gasteiger partial charge on any atom is -0.409 e. The molecule has 110 valence electrons. The van der Waals surface area contributed by atoms with Gasteiger partial charge in [0.05, 0.1) is 0 Å². The van der Waals surface area contributed by atoms with Gasteiger partial charge in [-0.2, -0.15) is 0 Å². The lowest BCUT2D eigenvalue weighted by Gasteiger charge is -2.37. The van der Waals surface area contributed by atoms with E-state index in [1.165, 1.54) is 5.69 Å². The van der Waals surface area contributed by atoms with Crippen molar-refractivity contribution in [2.75, 3.05) is 37.6 Å². The molecule has 0 radical (unpaired) electrons. The van der Waals surface area contributed by atoms with Crippen molar-refractivity contribution >= 4 is 23.1 Å². The van der Waals surface area contributed by atoms with Crippen LogP contribution in [0.15, 0.2) is 29.4 Å². The molecule has 5 nitrogen and oxygen atoms in total. The molecule has 0 saturated carbocycles. The highest BCUT2D eigenvalue weighted by atomic mass is 35.5. The second-order valence-electron chi connectivity index (χ2n) is 5.19. The summed E-state index contributed by atoms with van der Waals surface area (Å²) >= 11 is 5.90. The van der Waals surface area contributed by atoms with Crippen LogP contribution in [0.4, 0.5) is 5.69 Å². The van der Waals surface area contributed by atoms with Gasteiger partial charge in [0, 0.05) is 49.4 Å². The molecule has 2 rings (SSSR count). The molecule has 1 fully saturated rings. The summed E-state index contributed by atoms with van der Waals surface area (Å²) in [4.78, 5) is 4.69. The monoisotopic (exact) mass is 296 g/mol. The van der Waals surface area contributed by atoms with E-state index in [9.17, 15) is 0 Å². The van der Waals surface area contributed by atoms with Crippen LogP contribution in [0, 0.1) is 5.92 Å². The van der Waals surface area contributed by atoms with E-state index in [4.69, 9.17) is 22.5 Å². The van der Waals surface area contributed by atoms with Crippen LogP contribution < -0.4 is 10.6 Å². The summed E-state index contributed by atoms with van der Waals surface area (Å²) in [7, 11) is 0. The van der Waals surface area contributed by atoms with E-state index >= 15 is 0 Å². The van der Waals surface area contributed by atoms with Crippen molar-refractivity contribution in [2.24, 2.45) is 16.8 Å². The predicted molar refractivity (Wildman–Crippen MR) is 82.7 cm³/mol. The summed E-state index contributed by atoms with van der Waals surface area (Å²) < 4.78 is 0. The van der Waals surface area contributed by atoms with Gasteiger partial charge in [-0.05, 0) is 24.3 Å². The van der Waals surface area contributed by atoms with Crippen molar-refractivity contribution < 1.29 is 5.21 Å². The normalized spacial score (nSPS) is 19.1. The van der Waals surface area contributed by atoms with Gasteiger partial charge in [-0.1, -0.05) is 23.7 Å². The van der Waals surface area contributed by atoms with Gasteiger partial charge < -0.3 is 15.8 Å². The average Bonchev–Trinajstić information content (AvgIpc) is 2.48. The lowest BCUT2D eigenvalue weighted by Crippen LogP contribution is -2.48. The minimum atomic E-state index is 0.0714. The molecule has 3 N–H and O–H groups in total. The van der Waals surface area contributed by atoms with Crippen molar-refractivity contribution in [3.63, 3.8) is 0 Å². The van der Waals surface area contributed by atoms with Crippen molar-refractivity contribution in [1.82, 2.24) is 4.90 Å². The fourth-order valence-corrected chi connectivity index (χ4v) is 2.55. The molecule has 1 aromatic carbocycles. The number of amidine groups is 1. The summed E-state index contributed by atoms with van der Waals surface area (Å²) in [5, 5.41) is 12.5.